The first kappa shape index (κ1) is 17.2. The average molecular weight is 302 g/mol. The molecule has 1 aliphatic carbocycles. The molecule has 1 rings (SSSR count). The first-order chi connectivity index (χ1) is 9.99. The third-order valence-electron chi connectivity index (χ3n) is 3.25. The van der Waals surface area contributed by atoms with Crippen LogP contribution in [-0.4, -0.2) is 67.4 Å². The zero-order valence-corrected chi connectivity index (χ0v) is 12.3. The maximum absolute atomic E-state index is 12.1. The van der Waals surface area contributed by atoms with Gasteiger partial charge in [0.2, 0.25) is 0 Å². The Bertz CT molecular complexity index is 383. The molecule has 1 atom stereocenters. The third kappa shape index (κ3) is 5.99. The third-order valence-corrected chi connectivity index (χ3v) is 3.25. The zero-order chi connectivity index (χ0) is 15.8. The maximum atomic E-state index is 12.1. The predicted molar refractivity (Wildman–Crippen MR) is 72.8 cm³/mol. The topological polar surface area (TPSA) is 105 Å². The quantitative estimate of drug-likeness (QED) is 0.590. The van der Waals surface area contributed by atoms with Crippen molar-refractivity contribution in [1.29, 1.82) is 0 Å². The van der Waals surface area contributed by atoms with Crippen molar-refractivity contribution in [2.24, 2.45) is 0 Å². The Labute approximate surface area is 123 Å². The Kier molecular flexibility index (Phi) is 6.93. The molecule has 0 spiro atoms. The van der Waals surface area contributed by atoms with E-state index in [1.807, 2.05) is 0 Å². The zero-order valence-electron chi connectivity index (χ0n) is 12.3. The van der Waals surface area contributed by atoms with Crippen molar-refractivity contribution < 1.29 is 29.0 Å². The van der Waals surface area contributed by atoms with Crippen LogP contribution in [0.3, 0.4) is 0 Å². The fraction of sp³-hybridized carbons (Fsp3) is 0.769. The van der Waals surface area contributed by atoms with Crippen molar-refractivity contribution in [1.82, 2.24) is 10.2 Å². The van der Waals surface area contributed by atoms with Crippen LogP contribution in [-0.2, 0) is 19.1 Å². The van der Waals surface area contributed by atoms with Gasteiger partial charge in [0.25, 0.3) is 0 Å². The summed E-state index contributed by atoms with van der Waals surface area (Å²) in [5.74, 6) is -1.68. The average Bonchev–Trinajstić information content (AvgIpc) is 3.27. The van der Waals surface area contributed by atoms with Crippen LogP contribution in [0.2, 0.25) is 0 Å². The molecule has 0 bridgehead atoms. The summed E-state index contributed by atoms with van der Waals surface area (Å²) in [7, 11) is 2.77. The number of aliphatic carboxylic acids is 1. The Morgan fingerprint density at radius 1 is 1.33 bits per heavy atom. The van der Waals surface area contributed by atoms with Gasteiger partial charge in [0.15, 0.2) is 0 Å². The SMILES string of the molecule is COCCN(C(=O)N[C@@H](CCC(=O)OC)C(=O)O)C1CC1. The highest BCUT2D eigenvalue weighted by Gasteiger charge is 2.34. The van der Waals surface area contributed by atoms with E-state index in [0.29, 0.717) is 13.2 Å². The molecule has 1 saturated carbocycles. The van der Waals surface area contributed by atoms with Crippen LogP contribution >= 0.6 is 0 Å². The molecule has 0 saturated heterocycles. The lowest BCUT2D eigenvalue weighted by Gasteiger charge is -2.24. The molecule has 0 aromatic rings. The molecule has 0 radical (unpaired) electrons. The van der Waals surface area contributed by atoms with Crippen LogP contribution in [0.1, 0.15) is 25.7 Å². The summed E-state index contributed by atoms with van der Waals surface area (Å²) in [4.78, 5) is 35.9. The lowest BCUT2D eigenvalue weighted by molar-refractivity contribution is -0.142. The van der Waals surface area contributed by atoms with E-state index < -0.39 is 24.0 Å². The number of methoxy groups -OCH3 is 2. The van der Waals surface area contributed by atoms with Crippen molar-refractivity contribution in [2.45, 2.75) is 37.8 Å². The molecule has 1 fully saturated rings. The second-order valence-electron chi connectivity index (χ2n) is 4.87. The number of rotatable bonds is 9. The largest absolute Gasteiger partial charge is 0.480 e. The number of carbonyl (C=O) groups excluding carboxylic acids is 2. The van der Waals surface area contributed by atoms with Gasteiger partial charge in [0.05, 0.1) is 13.7 Å². The molecule has 120 valence electrons. The molecule has 0 aromatic carbocycles. The minimum atomic E-state index is -1.17. The van der Waals surface area contributed by atoms with E-state index in [1.165, 1.54) is 7.11 Å². The predicted octanol–water partition coefficient (Wildman–Crippen LogP) is 0.213. The van der Waals surface area contributed by atoms with E-state index in [0.717, 1.165) is 12.8 Å². The molecule has 8 heteroatoms. The van der Waals surface area contributed by atoms with Crippen LogP contribution in [0.5, 0.6) is 0 Å². The molecule has 0 aliphatic heterocycles. The van der Waals surface area contributed by atoms with Gasteiger partial charge in [0.1, 0.15) is 6.04 Å². The summed E-state index contributed by atoms with van der Waals surface area (Å²) in [5, 5.41) is 11.6. The van der Waals surface area contributed by atoms with Crippen molar-refractivity contribution in [3.63, 3.8) is 0 Å². The van der Waals surface area contributed by atoms with Crippen molar-refractivity contribution in [3.05, 3.63) is 0 Å². The highest BCUT2D eigenvalue weighted by molar-refractivity contribution is 5.83. The van der Waals surface area contributed by atoms with Crippen LogP contribution in [0, 0.1) is 0 Å². The minimum Gasteiger partial charge on any atom is -0.480 e. The van der Waals surface area contributed by atoms with Crippen molar-refractivity contribution >= 4 is 18.0 Å². The lowest BCUT2D eigenvalue weighted by atomic mass is 10.1. The van der Waals surface area contributed by atoms with Gasteiger partial charge in [-0.2, -0.15) is 0 Å². The number of esters is 1. The Morgan fingerprint density at radius 2 is 2.00 bits per heavy atom. The molecule has 0 unspecified atom stereocenters. The highest BCUT2D eigenvalue weighted by Crippen LogP contribution is 2.26. The van der Waals surface area contributed by atoms with Crippen LogP contribution in [0.4, 0.5) is 4.79 Å². The molecule has 2 amide bonds. The van der Waals surface area contributed by atoms with E-state index >= 15 is 0 Å². The maximum Gasteiger partial charge on any atom is 0.326 e. The van der Waals surface area contributed by atoms with Crippen LogP contribution < -0.4 is 5.32 Å². The second-order valence-corrected chi connectivity index (χ2v) is 4.87. The molecule has 1 aliphatic rings. The monoisotopic (exact) mass is 302 g/mol. The number of nitrogens with zero attached hydrogens (tertiary/aromatic N) is 1. The summed E-state index contributed by atoms with van der Waals surface area (Å²) in [6.07, 6.45) is 1.76. The van der Waals surface area contributed by atoms with Crippen molar-refractivity contribution in [3.8, 4) is 0 Å². The van der Waals surface area contributed by atoms with Gasteiger partial charge in [-0.1, -0.05) is 0 Å². The standard InChI is InChI=1S/C13H22N2O6/c1-20-8-7-15(9-3-4-9)13(19)14-10(12(17)18)5-6-11(16)21-2/h9-10H,3-8H2,1-2H3,(H,14,19)(H,17,18)/t10-/m0/s1. The molecular formula is C13H22N2O6. The van der Waals surface area contributed by atoms with Crippen LogP contribution in [0.25, 0.3) is 0 Å². The number of hydrogen-bond acceptors (Lipinski definition) is 5. The highest BCUT2D eigenvalue weighted by atomic mass is 16.5. The molecule has 0 heterocycles. The fourth-order valence-electron chi connectivity index (χ4n) is 1.88. The summed E-state index contributed by atoms with van der Waals surface area (Å²) < 4.78 is 9.41. The number of urea groups is 1. The molecule has 0 aromatic heterocycles. The van der Waals surface area contributed by atoms with Gasteiger partial charge < -0.3 is 24.8 Å². The van der Waals surface area contributed by atoms with Gasteiger partial charge in [-0.05, 0) is 19.3 Å². The van der Waals surface area contributed by atoms with Gasteiger partial charge in [-0.25, -0.2) is 9.59 Å². The first-order valence-corrected chi connectivity index (χ1v) is 6.85. The molecule has 2 N–H and O–H groups in total. The van der Waals surface area contributed by atoms with Crippen LogP contribution in [0.15, 0.2) is 0 Å². The number of amides is 2. The number of ether oxygens (including phenoxy) is 2. The molecular weight excluding hydrogens is 280 g/mol. The first-order valence-electron chi connectivity index (χ1n) is 6.85. The second kappa shape index (κ2) is 8.46. The number of carbonyl (C=O) groups is 3. The number of carboxylic acid groups (broad SMARTS) is 1. The van der Waals surface area contributed by atoms with Gasteiger partial charge >= 0.3 is 18.0 Å². The summed E-state index contributed by atoms with van der Waals surface area (Å²) in [5.41, 5.74) is 0. The molecule has 21 heavy (non-hydrogen) atoms. The number of carboxylic acids is 1. The number of hydrogen-bond donors (Lipinski definition) is 2. The van der Waals surface area contributed by atoms with E-state index in [1.54, 1.807) is 12.0 Å². The van der Waals surface area contributed by atoms with Crippen molar-refractivity contribution in [2.75, 3.05) is 27.4 Å². The van der Waals surface area contributed by atoms with Gasteiger partial charge in [0, 0.05) is 26.1 Å². The fourth-order valence-corrected chi connectivity index (χ4v) is 1.88. The smallest absolute Gasteiger partial charge is 0.326 e. The minimum absolute atomic E-state index is 0.00344. The van der Waals surface area contributed by atoms with E-state index in [9.17, 15) is 14.4 Å². The number of nitrogens with one attached hydrogen (secondary N) is 1. The Morgan fingerprint density at radius 3 is 2.48 bits per heavy atom. The summed E-state index contributed by atoms with van der Waals surface area (Å²) >= 11 is 0. The van der Waals surface area contributed by atoms with Gasteiger partial charge in [-0.3, -0.25) is 4.79 Å². The Hall–Kier alpha value is -1.83. The van der Waals surface area contributed by atoms with E-state index in [2.05, 4.69) is 10.1 Å². The Balaban J connectivity index is 2.53. The molecule has 8 nitrogen and oxygen atoms in total. The normalized spacial score (nSPS) is 15.1. The summed E-state index contributed by atoms with van der Waals surface area (Å²) in [6, 6.07) is -1.40. The van der Waals surface area contributed by atoms with E-state index in [-0.39, 0.29) is 18.9 Å². The lowest BCUT2D eigenvalue weighted by Crippen LogP contribution is -2.49. The van der Waals surface area contributed by atoms with E-state index in [4.69, 9.17) is 9.84 Å². The summed E-state index contributed by atoms with van der Waals surface area (Å²) in [6.45, 7) is 0.806. The van der Waals surface area contributed by atoms with Gasteiger partial charge in [-0.15, -0.1) is 0 Å².